The molecule has 4 nitrogen and oxygen atoms in total. The van der Waals surface area contributed by atoms with Crippen LogP contribution in [0.4, 0.5) is 0 Å². The number of carbonyl (C=O) groups is 1. The van der Waals surface area contributed by atoms with Gasteiger partial charge in [-0.25, -0.2) is 0 Å². The number of nitrogens with one attached hydrogen (secondary N) is 1. The van der Waals surface area contributed by atoms with Gasteiger partial charge in [0.25, 0.3) is 5.91 Å². The molecule has 1 aromatic carbocycles. The average Bonchev–Trinajstić information content (AvgIpc) is 2.53. The third kappa shape index (κ3) is 3.73. The van der Waals surface area contributed by atoms with Crippen LogP contribution in [0.25, 0.3) is 0 Å². The van der Waals surface area contributed by atoms with Crippen LogP contribution in [0, 0.1) is 11.8 Å². The molecule has 20 heavy (non-hydrogen) atoms. The fraction of sp³-hybridized carbons (Fsp3) is 0.562. The summed E-state index contributed by atoms with van der Waals surface area (Å²) in [4.78, 5) is 12.1. The Bertz CT molecular complexity index is 430. The summed E-state index contributed by atoms with van der Waals surface area (Å²) in [6.07, 6.45) is 4.54. The average molecular weight is 277 g/mol. The molecule has 0 spiro atoms. The normalized spacial score (nSPS) is 22.3. The Labute approximate surface area is 120 Å². The summed E-state index contributed by atoms with van der Waals surface area (Å²) in [6.45, 7) is 0.874. The molecule has 0 saturated heterocycles. The maximum Gasteiger partial charge on any atom is 0.251 e. The number of amides is 1. The van der Waals surface area contributed by atoms with Crippen molar-refractivity contribution >= 4 is 5.91 Å². The summed E-state index contributed by atoms with van der Waals surface area (Å²) in [5.74, 6) is 1.42. The van der Waals surface area contributed by atoms with Gasteiger partial charge in [-0.15, -0.1) is 0 Å². The predicted molar refractivity (Wildman–Crippen MR) is 77.9 cm³/mol. The maximum atomic E-state index is 12.1. The number of aliphatic hydroxyl groups excluding tert-OH is 1. The second kappa shape index (κ2) is 7.29. The number of rotatable bonds is 5. The van der Waals surface area contributed by atoms with E-state index in [9.17, 15) is 9.90 Å². The van der Waals surface area contributed by atoms with E-state index in [-0.39, 0.29) is 12.5 Å². The highest BCUT2D eigenvalue weighted by molar-refractivity contribution is 5.94. The number of aliphatic hydroxyl groups is 1. The molecule has 110 valence electrons. The van der Waals surface area contributed by atoms with Crippen LogP contribution in [-0.2, 0) is 0 Å². The van der Waals surface area contributed by atoms with E-state index in [0.29, 0.717) is 23.9 Å². The molecule has 2 N–H and O–H groups in total. The zero-order valence-corrected chi connectivity index (χ0v) is 12.0. The van der Waals surface area contributed by atoms with Gasteiger partial charge in [0, 0.05) is 18.7 Å². The molecule has 4 heteroatoms. The van der Waals surface area contributed by atoms with Crippen LogP contribution in [0.1, 0.15) is 36.0 Å². The van der Waals surface area contributed by atoms with Gasteiger partial charge in [-0.2, -0.15) is 0 Å². The van der Waals surface area contributed by atoms with E-state index in [0.717, 1.165) is 18.6 Å². The second-order valence-electron chi connectivity index (χ2n) is 5.43. The number of hydrogen-bond donors (Lipinski definition) is 2. The van der Waals surface area contributed by atoms with Gasteiger partial charge in [0.2, 0.25) is 0 Å². The molecule has 0 bridgehead atoms. The number of ether oxygens (including phenoxy) is 1. The van der Waals surface area contributed by atoms with Crippen molar-refractivity contribution in [3.05, 3.63) is 29.8 Å². The first kappa shape index (κ1) is 14.9. The van der Waals surface area contributed by atoms with Gasteiger partial charge in [0.1, 0.15) is 5.75 Å². The van der Waals surface area contributed by atoms with Gasteiger partial charge < -0.3 is 15.2 Å². The van der Waals surface area contributed by atoms with Crippen LogP contribution in [-0.4, -0.2) is 31.3 Å². The van der Waals surface area contributed by atoms with E-state index in [2.05, 4.69) is 5.32 Å². The summed E-state index contributed by atoms with van der Waals surface area (Å²) in [7, 11) is 1.60. The standard InChI is InChI=1S/C16H23NO3/c1-20-15-8-6-12(7-9-15)16(19)17-10-13-4-2-3-5-14(13)11-18/h6-9,13-14,18H,2-5,10-11H2,1H3,(H,17,19). The summed E-state index contributed by atoms with van der Waals surface area (Å²) in [5.41, 5.74) is 0.641. The van der Waals surface area contributed by atoms with Gasteiger partial charge in [-0.3, -0.25) is 4.79 Å². The van der Waals surface area contributed by atoms with E-state index >= 15 is 0 Å². The third-order valence-electron chi connectivity index (χ3n) is 4.18. The van der Waals surface area contributed by atoms with Gasteiger partial charge in [0.15, 0.2) is 0 Å². The minimum Gasteiger partial charge on any atom is -0.497 e. The van der Waals surface area contributed by atoms with E-state index in [1.165, 1.54) is 12.8 Å². The molecule has 0 aromatic heterocycles. The quantitative estimate of drug-likeness (QED) is 0.867. The van der Waals surface area contributed by atoms with Crippen molar-refractivity contribution < 1.29 is 14.6 Å². The van der Waals surface area contributed by atoms with Crippen molar-refractivity contribution in [2.45, 2.75) is 25.7 Å². The molecule has 2 rings (SSSR count). The lowest BCUT2D eigenvalue weighted by molar-refractivity contribution is 0.0909. The Morgan fingerprint density at radius 2 is 1.90 bits per heavy atom. The highest BCUT2D eigenvalue weighted by atomic mass is 16.5. The van der Waals surface area contributed by atoms with Crippen molar-refractivity contribution in [2.75, 3.05) is 20.3 Å². The lowest BCUT2D eigenvalue weighted by Crippen LogP contribution is -2.35. The van der Waals surface area contributed by atoms with Crippen LogP contribution in [0.5, 0.6) is 5.75 Å². The zero-order valence-electron chi connectivity index (χ0n) is 12.0. The van der Waals surface area contributed by atoms with Crippen molar-refractivity contribution in [3.63, 3.8) is 0 Å². The minimum atomic E-state index is -0.0603. The maximum absolute atomic E-state index is 12.1. The molecule has 0 aliphatic heterocycles. The summed E-state index contributed by atoms with van der Waals surface area (Å²) < 4.78 is 5.07. The van der Waals surface area contributed by atoms with Gasteiger partial charge in [0.05, 0.1) is 7.11 Å². The van der Waals surface area contributed by atoms with Crippen LogP contribution in [0.15, 0.2) is 24.3 Å². The molecule has 1 aromatic rings. The predicted octanol–water partition coefficient (Wildman–Crippen LogP) is 2.22. The molecule has 1 saturated carbocycles. The molecule has 1 aliphatic carbocycles. The fourth-order valence-corrected chi connectivity index (χ4v) is 2.86. The molecular weight excluding hydrogens is 254 g/mol. The van der Waals surface area contributed by atoms with E-state index in [1.807, 2.05) is 0 Å². The molecule has 0 heterocycles. The largest absolute Gasteiger partial charge is 0.497 e. The highest BCUT2D eigenvalue weighted by Gasteiger charge is 2.24. The molecular formula is C16H23NO3. The number of carbonyl (C=O) groups excluding carboxylic acids is 1. The Hall–Kier alpha value is -1.55. The van der Waals surface area contributed by atoms with E-state index in [4.69, 9.17) is 4.74 Å². The van der Waals surface area contributed by atoms with Crippen LogP contribution in [0.3, 0.4) is 0 Å². The molecule has 2 unspecified atom stereocenters. The molecule has 1 aliphatic rings. The SMILES string of the molecule is COc1ccc(C(=O)NCC2CCCCC2CO)cc1. The molecule has 1 fully saturated rings. The lowest BCUT2D eigenvalue weighted by Gasteiger charge is -2.30. The van der Waals surface area contributed by atoms with Crippen LogP contribution >= 0.6 is 0 Å². The lowest BCUT2D eigenvalue weighted by atomic mass is 9.79. The number of hydrogen-bond acceptors (Lipinski definition) is 3. The zero-order chi connectivity index (χ0) is 14.4. The monoisotopic (exact) mass is 277 g/mol. The third-order valence-corrected chi connectivity index (χ3v) is 4.18. The van der Waals surface area contributed by atoms with Crippen molar-refractivity contribution in [1.29, 1.82) is 0 Å². The fourth-order valence-electron chi connectivity index (χ4n) is 2.86. The van der Waals surface area contributed by atoms with Crippen molar-refractivity contribution in [3.8, 4) is 5.75 Å². The first-order valence-electron chi connectivity index (χ1n) is 7.27. The van der Waals surface area contributed by atoms with Crippen LogP contribution in [0.2, 0.25) is 0 Å². The van der Waals surface area contributed by atoms with Crippen LogP contribution < -0.4 is 10.1 Å². The van der Waals surface area contributed by atoms with Gasteiger partial charge in [-0.1, -0.05) is 12.8 Å². The molecule has 2 atom stereocenters. The molecule has 1 amide bonds. The van der Waals surface area contributed by atoms with E-state index in [1.54, 1.807) is 31.4 Å². The number of methoxy groups -OCH3 is 1. The topological polar surface area (TPSA) is 58.6 Å². The molecule has 0 radical (unpaired) electrons. The summed E-state index contributed by atoms with van der Waals surface area (Å²) in [6, 6.07) is 7.09. The smallest absolute Gasteiger partial charge is 0.251 e. The Morgan fingerprint density at radius 3 is 2.50 bits per heavy atom. The Balaban J connectivity index is 1.87. The van der Waals surface area contributed by atoms with Gasteiger partial charge >= 0.3 is 0 Å². The first-order chi connectivity index (χ1) is 9.74. The summed E-state index contributed by atoms with van der Waals surface area (Å²) >= 11 is 0. The van der Waals surface area contributed by atoms with Crippen molar-refractivity contribution in [2.24, 2.45) is 11.8 Å². The minimum absolute atomic E-state index is 0.0603. The second-order valence-corrected chi connectivity index (χ2v) is 5.43. The highest BCUT2D eigenvalue weighted by Crippen LogP contribution is 2.29. The first-order valence-corrected chi connectivity index (χ1v) is 7.27. The Kier molecular flexibility index (Phi) is 5.41. The Morgan fingerprint density at radius 1 is 1.25 bits per heavy atom. The van der Waals surface area contributed by atoms with Crippen molar-refractivity contribution in [1.82, 2.24) is 5.32 Å². The number of benzene rings is 1. The van der Waals surface area contributed by atoms with Gasteiger partial charge in [-0.05, 0) is 48.9 Å². The van der Waals surface area contributed by atoms with E-state index < -0.39 is 0 Å². The summed E-state index contributed by atoms with van der Waals surface area (Å²) in [5, 5.41) is 12.4.